The first-order valence-electron chi connectivity index (χ1n) is 9.52. The van der Waals surface area contributed by atoms with Crippen molar-refractivity contribution in [3.8, 4) is 0 Å². The van der Waals surface area contributed by atoms with Gasteiger partial charge in [0.15, 0.2) is 5.96 Å². The minimum atomic E-state index is -0.0584. The summed E-state index contributed by atoms with van der Waals surface area (Å²) < 4.78 is 0. The van der Waals surface area contributed by atoms with E-state index in [-0.39, 0.29) is 29.9 Å². The smallest absolute Gasteiger partial charge is 0.221 e. The lowest BCUT2D eigenvalue weighted by molar-refractivity contribution is -0.114. The Kier molecular flexibility index (Phi) is 8.98. The number of rotatable bonds is 7. The Labute approximate surface area is 188 Å². The Morgan fingerprint density at radius 1 is 1.00 bits per heavy atom. The molecule has 3 aromatic rings. The molecule has 0 spiro atoms. The van der Waals surface area contributed by atoms with Crippen molar-refractivity contribution >= 4 is 52.4 Å². The fourth-order valence-corrected chi connectivity index (χ4v) is 3.16. The van der Waals surface area contributed by atoms with Crippen molar-refractivity contribution in [2.75, 3.05) is 25.5 Å². The lowest BCUT2D eigenvalue weighted by Crippen LogP contribution is -2.39. The molecule has 0 atom stereocenters. The number of aromatic nitrogens is 1. The van der Waals surface area contributed by atoms with Crippen LogP contribution in [-0.2, 0) is 17.6 Å². The highest BCUT2D eigenvalue weighted by atomic mass is 127. The summed E-state index contributed by atoms with van der Waals surface area (Å²) in [6.07, 6.45) is 3.88. The van der Waals surface area contributed by atoms with Crippen LogP contribution in [0.15, 0.2) is 59.7 Å². The molecule has 2 aromatic carbocycles. The minimum Gasteiger partial charge on any atom is -0.361 e. The number of carbonyl (C=O) groups is 1. The van der Waals surface area contributed by atoms with Gasteiger partial charge in [-0.1, -0.05) is 30.3 Å². The van der Waals surface area contributed by atoms with Crippen LogP contribution in [0.2, 0.25) is 0 Å². The molecule has 0 bridgehead atoms. The number of benzene rings is 2. The molecule has 0 aliphatic rings. The van der Waals surface area contributed by atoms with Gasteiger partial charge in [0.1, 0.15) is 0 Å². The SMILES string of the molecule is CN=C(NCCc1ccc(NC(C)=O)cc1)NCCc1c[nH]c2ccccc12.I. The maximum absolute atomic E-state index is 11.1. The number of guanidine groups is 1. The number of hydrogen-bond donors (Lipinski definition) is 4. The van der Waals surface area contributed by atoms with Gasteiger partial charge >= 0.3 is 0 Å². The van der Waals surface area contributed by atoms with E-state index < -0.39 is 0 Å². The van der Waals surface area contributed by atoms with E-state index in [0.717, 1.165) is 37.6 Å². The van der Waals surface area contributed by atoms with Crippen LogP contribution in [0.3, 0.4) is 0 Å². The number of carbonyl (C=O) groups excluding carboxylic acids is 1. The third-order valence-electron chi connectivity index (χ3n) is 4.57. The fraction of sp³-hybridized carbons (Fsp3) is 0.273. The Hall–Kier alpha value is -2.55. The number of fused-ring (bicyclic) bond motifs is 1. The molecular formula is C22H28IN5O. The average Bonchev–Trinajstić information content (AvgIpc) is 3.11. The second-order valence-electron chi connectivity index (χ2n) is 6.66. The summed E-state index contributed by atoms with van der Waals surface area (Å²) in [5.74, 6) is 0.742. The molecule has 0 saturated heterocycles. The molecule has 4 N–H and O–H groups in total. The number of aromatic amines is 1. The number of halogens is 1. The van der Waals surface area contributed by atoms with Crippen LogP contribution in [0, 0.1) is 0 Å². The summed E-state index contributed by atoms with van der Waals surface area (Å²) in [5, 5.41) is 10.8. The van der Waals surface area contributed by atoms with E-state index in [9.17, 15) is 4.79 Å². The zero-order valence-corrected chi connectivity index (χ0v) is 19.1. The topological polar surface area (TPSA) is 81.3 Å². The van der Waals surface area contributed by atoms with Crippen LogP contribution in [0.1, 0.15) is 18.1 Å². The van der Waals surface area contributed by atoms with Gasteiger partial charge < -0.3 is 20.9 Å². The molecule has 3 rings (SSSR count). The highest BCUT2D eigenvalue weighted by molar-refractivity contribution is 14.0. The molecule has 1 amide bonds. The summed E-state index contributed by atoms with van der Waals surface area (Å²) in [4.78, 5) is 18.7. The van der Waals surface area contributed by atoms with E-state index in [0.29, 0.717) is 0 Å². The highest BCUT2D eigenvalue weighted by Crippen LogP contribution is 2.17. The molecule has 0 radical (unpaired) electrons. The van der Waals surface area contributed by atoms with Crippen LogP contribution in [0.4, 0.5) is 5.69 Å². The van der Waals surface area contributed by atoms with E-state index in [1.165, 1.54) is 29.0 Å². The Balaban J connectivity index is 0.00000300. The predicted octanol–water partition coefficient (Wildman–Crippen LogP) is 3.69. The standard InChI is InChI=1S/C22H27N5O.HI/c1-16(28)27-19-9-7-17(8-10-19)11-13-24-22(23-2)25-14-12-18-15-26-21-6-4-3-5-20(18)21;/h3-10,15,26H,11-14H2,1-2H3,(H,27,28)(H2,23,24,25);1H. The molecule has 0 aliphatic heterocycles. The number of hydrogen-bond acceptors (Lipinski definition) is 2. The predicted molar refractivity (Wildman–Crippen MR) is 131 cm³/mol. The summed E-state index contributed by atoms with van der Waals surface area (Å²) in [6, 6.07) is 16.2. The molecule has 29 heavy (non-hydrogen) atoms. The highest BCUT2D eigenvalue weighted by Gasteiger charge is 2.04. The maximum atomic E-state index is 11.1. The third-order valence-corrected chi connectivity index (χ3v) is 4.57. The number of nitrogens with one attached hydrogen (secondary N) is 4. The van der Waals surface area contributed by atoms with E-state index in [1.807, 2.05) is 30.3 Å². The van der Waals surface area contributed by atoms with E-state index in [1.54, 1.807) is 7.05 Å². The molecule has 6 nitrogen and oxygen atoms in total. The minimum absolute atomic E-state index is 0. The van der Waals surface area contributed by atoms with Crippen LogP contribution in [-0.4, -0.2) is 37.0 Å². The third kappa shape index (κ3) is 6.77. The number of anilines is 1. The molecule has 0 unspecified atom stereocenters. The molecular weight excluding hydrogens is 477 g/mol. The monoisotopic (exact) mass is 505 g/mol. The summed E-state index contributed by atoms with van der Waals surface area (Å²) in [6.45, 7) is 3.11. The van der Waals surface area contributed by atoms with Crippen LogP contribution < -0.4 is 16.0 Å². The number of para-hydroxylation sites is 1. The number of aliphatic imine (C=N–C) groups is 1. The van der Waals surface area contributed by atoms with Crippen molar-refractivity contribution < 1.29 is 4.79 Å². The van der Waals surface area contributed by atoms with E-state index >= 15 is 0 Å². The van der Waals surface area contributed by atoms with Gasteiger partial charge in [-0.15, -0.1) is 24.0 Å². The van der Waals surface area contributed by atoms with Gasteiger partial charge in [0.2, 0.25) is 5.91 Å². The average molecular weight is 505 g/mol. The Bertz CT molecular complexity index is 949. The number of H-pyrrole nitrogens is 1. The van der Waals surface area contributed by atoms with Gasteiger partial charge in [0, 0.05) is 49.8 Å². The van der Waals surface area contributed by atoms with Gasteiger partial charge in [-0.3, -0.25) is 9.79 Å². The van der Waals surface area contributed by atoms with Crippen molar-refractivity contribution in [2.45, 2.75) is 19.8 Å². The van der Waals surface area contributed by atoms with Crippen molar-refractivity contribution in [2.24, 2.45) is 4.99 Å². The summed E-state index contributed by atoms with van der Waals surface area (Å²) in [5.41, 5.74) is 4.50. The fourth-order valence-electron chi connectivity index (χ4n) is 3.16. The molecule has 154 valence electrons. The van der Waals surface area contributed by atoms with Gasteiger partial charge in [0.25, 0.3) is 0 Å². The van der Waals surface area contributed by atoms with Crippen molar-refractivity contribution in [3.05, 3.63) is 65.9 Å². The molecule has 0 saturated carbocycles. The zero-order chi connectivity index (χ0) is 19.8. The van der Waals surface area contributed by atoms with Gasteiger partial charge in [-0.25, -0.2) is 0 Å². The van der Waals surface area contributed by atoms with Gasteiger partial charge in [0.05, 0.1) is 0 Å². The number of nitrogens with zero attached hydrogens (tertiary/aromatic N) is 1. The molecule has 0 fully saturated rings. The quantitative estimate of drug-likeness (QED) is 0.225. The first-order chi connectivity index (χ1) is 13.7. The second-order valence-corrected chi connectivity index (χ2v) is 6.66. The lowest BCUT2D eigenvalue weighted by atomic mass is 10.1. The van der Waals surface area contributed by atoms with Crippen LogP contribution in [0.25, 0.3) is 10.9 Å². The molecule has 0 aliphatic carbocycles. The van der Waals surface area contributed by atoms with Crippen LogP contribution >= 0.6 is 24.0 Å². The largest absolute Gasteiger partial charge is 0.361 e. The van der Waals surface area contributed by atoms with Gasteiger partial charge in [-0.05, 0) is 42.2 Å². The first-order valence-corrected chi connectivity index (χ1v) is 9.52. The number of amides is 1. The van der Waals surface area contributed by atoms with Crippen molar-refractivity contribution in [1.29, 1.82) is 0 Å². The van der Waals surface area contributed by atoms with Crippen molar-refractivity contribution in [1.82, 2.24) is 15.6 Å². The normalized spacial score (nSPS) is 11.0. The lowest BCUT2D eigenvalue weighted by Gasteiger charge is -2.12. The molecule has 7 heteroatoms. The summed E-state index contributed by atoms with van der Waals surface area (Å²) in [7, 11) is 1.78. The van der Waals surface area contributed by atoms with Crippen LogP contribution in [0.5, 0.6) is 0 Å². The maximum Gasteiger partial charge on any atom is 0.221 e. The second kappa shape index (κ2) is 11.5. The van der Waals surface area contributed by atoms with Crippen molar-refractivity contribution in [3.63, 3.8) is 0 Å². The molecule has 1 heterocycles. The Morgan fingerprint density at radius 3 is 2.38 bits per heavy atom. The van der Waals surface area contributed by atoms with E-state index in [4.69, 9.17) is 0 Å². The first kappa shape index (κ1) is 22.7. The zero-order valence-electron chi connectivity index (χ0n) is 16.8. The Morgan fingerprint density at radius 2 is 1.69 bits per heavy atom. The molecule has 1 aromatic heterocycles. The van der Waals surface area contributed by atoms with E-state index in [2.05, 4.69) is 50.3 Å². The van der Waals surface area contributed by atoms with Gasteiger partial charge in [-0.2, -0.15) is 0 Å². The summed E-state index contributed by atoms with van der Waals surface area (Å²) >= 11 is 0.